The van der Waals surface area contributed by atoms with Crippen LogP contribution in [0.25, 0.3) is 0 Å². The zero-order valence-electron chi connectivity index (χ0n) is 10.3. The molecule has 1 aromatic rings. The zero-order valence-corrected chi connectivity index (χ0v) is 11.1. The second-order valence-corrected chi connectivity index (χ2v) is 5.65. The first-order valence-electron chi connectivity index (χ1n) is 5.66. The van der Waals surface area contributed by atoms with Gasteiger partial charge in [0.25, 0.3) is 0 Å². The predicted octanol–water partition coefficient (Wildman–Crippen LogP) is 1.09. The van der Waals surface area contributed by atoms with Crippen LogP contribution in [0.15, 0.2) is 29.2 Å². The van der Waals surface area contributed by atoms with Gasteiger partial charge < -0.3 is 5.11 Å². The van der Waals surface area contributed by atoms with Crippen LogP contribution in [-0.4, -0.2) is 25.5 Å². The maximum atomic E-state index is 12.0. The van der Waals surface area contributed by atoms with Gasteiger partial charge in [-0.15, -0.1) is 0 Å². The van der Waals surface area contributed by atoms with Crippen molar-refractivity contribution < 1.29 is 18.3 Å². The standard InChI is InChI=1S/C12H14N2O4S/c1-2-3-11(12(15)16)14-19(17,18)10-6-4-9(8-13)5-7-10/h4-7,11,14H,2-3H2,1H3,(H,15,16)/t11-/m1/s1. The molecule has 0 unspecified atom stereocenters. The van der Waals surface area contributed by atoms with Gasteiger partial charge in [-0.1, -0.05) is 13.3 Å². The Bertz CT molecular complexity index is 587. The molecule has 0 aliphatic carbocycles. The molecule has 7 heteroatoms. The van der Waals surface area contributed by atoms with Gasteiger partial charge in [0.1, 0.15) is 6.04 Å². The summed E-state index contributed by atoms with van der Waals surface area (Å²) in [5.41, 5.74) is 0.335. The minimum atomic E-state index is -3.89. The molecule has 0 radical (unpaired) electrons. The van der Waals surface area contributed by atoms with Crippen LogP contribution >= 0.6 is 0 Å². The number of benzene rings is 1. The molecule has 0 aromatic heterocycles. The lowest BCUT2D eigenvalue weighted by molar-refractivity contribution is -0.139. The fraction of sp³-hybridized carbons (Fsp3) is 0.333. The molecule has 0 spiro atoms. The molecule has 1 rings (SSSR count). The Balaban J connectivity index is 2.96. The largest absolute Gasteiger partial charge is 0.480 e. The summed E-state index contributed by atoms with van der Waals surface area (Å²) < 4.78 is 26.1. The highest BCUT2D eigenvalue weighted by Crippen LogP contribution is 2.11. The van der Waals surface area contributed by atoms with Crippen LogP contribution in [-0.2, 0) is 14.8 Å². The fourth-order valence-corrected chi connectivity index (χ4v) is 2.71. The number of carboxylic acids is 1. The smallest absolute Gasteiger partial charge is 0.321 e. The molecule has 0 aliphatic heterocycles. The average molecular weight is 282 g/mol. The molecular weight excluding hydrogens is 268 g/mol. The van der Waals surface area contributed by atoms with Gasteiger partial charge in [-0.05, 0) is 30.7 Å². The molecule has 0 amide bonds. The summed E-state index contributed by atoms with van der Waals surface area (Å²) in [5, 5.41) is 17.6. The summed E-state index contributed by atoms with van der Waals surface area (Å²) in [7, 11) is -3.89. The normalized spacial score (nSPS) is 12.6. The summed E-state index contributed by atoms with van der Waals surface area (Å²) in [6.07, 6.45) is 0.762. The summed E-state index contributed by atoms with van der Waals surface area (Å²) in [6, 6.07) is 6.00. The number of nitrogens with zero attached hydrogens (tertiary/aromatic N) is 1. The molecule has 0 bridgehead atoms. The number of sulfonamides is 1. The molecule has 0 heterocycles. The Morgan fingerprint density at radius 1 is 1.42 bits per heavy atom. The van der Waals surface area contributed by atoms with Gasteiger partial charge in [-0.3, -0.25) is 4.79 Å². The molecule has 0 aliphatic rings. The number of hydrogen-bond donors (Lipinski definition) is 2. The maximum Gasteiger partial charge on any atom is 0.321 e. The number of rotatable bonds is 6. The van der Waals surface area contributed by atoms with Crippen molar-refractivity contribution in [3.8, 4) is 6.07 Å². The predicted molar refractivity (Wildman–Crippen MR) is 67.8 cm³/mol. The quantitative estimate of drug-likeness (QED) is 0.812. The first kappa shape index (κ1) is 15.1. The summed E-state index contributed by atoms with van der Waals surface area (Å²) in [6.45, 7) is 1.77. The second-order valence-electron chi connectivity index (χ2n) is 3.94. The third-order valence-electron chi connectivity index (χ3n) is 2.47. The highest BCUT2D eigenvalue weighted by molar-refractivity contribution is 7.89. The Morgan fingerprint density at radius 3 is 2.42 bits per heavy atom. The number of nitriles is 1. The zero-order chi connectivity index (χ0) is 14.5. The molecule has 1 atom stereocenters. The van der Waals surface area contributed by atoms with E-state index in [1.165, 1.54) is 24.3 Å². The molecule has 1 aromatic carbocycles. The molecule has 0 saturated carbocycles. The van der Waals surface area contributed by atoms with Crippen molar-refractivity contribution in [1.82, 2.24) is 4.72 Å². The van der Waals surface area contributed by atoms with Crippen molar-refractivity contribution >= 4 is 16.0 Å². The topological polar surface area (TPSA) is 107 Å². The SMILES string of the molecule is CCC[C@@H](NS(=O)(=O)c1ccc(C#N)cc1)C(=O)O. The molecule has 2 N–H and O–H groups in total. The van der Waals surface area contributed by atoms with E-state index in [0.717, 1.165) is 0 Å². The Morgan fingerprint density at radius 2 is 2.00 bits per heavy atom. The van der Waals surface area contributed by atoms with E-state index in [2.05, 4.69) is 4.72 Å². The monoisotopic (exact) mass is 282 g/mol. The van der Waals surface area contributed by atoms with Crippen LogP contribution < -0.4 is 4.72 Å². The molecular formula is C12H14N2O4S. The fourth-order valence-electron chi connectivity index (χ4n) is 1.49. The lowest BCUT2D eigenvalue weighted by atomic mass is 10.2. The Kier molecular flexibility index (Phi) is 5.03. The van der Waals surface area contributed by atoms with Crippen LogP contribution in [0.5, 0.6) is 0 Å². The summed E-state index contributed by atoms with van der Waals surface area (Å²) >= 11 is 0. The Hall–Kier alpha value is -1.91. The van der Waals surface area contributed by atoms with Crippen molar-refractivity contribution in [3.05, 3.63) is 29.8 Å². The van der Waals surface area contributed by atoms with E-state index in [4.69, 9.17) is 10.4 Å². The molecule has 19 heavy (non-hydrogen) atoms. The van der Waals surface area contributed by atoms with Gasteiger partial charge in [0.2, 0.25) is 10.0 Å². The number of nitrogens with one attached hydrogen (secondary N) is 1. The molecule has 102 valence electrons. The minimum absolute atomic E-state index is 0.0612. The van der Waals surface area contributed by atoms with Gasteiger partial charge in [-0.2, -0.15) is 9.98 Å². The van der Waals surface area contributed by atoms with E-state index in [0.29, 0.717) is 12.0 Å². The van der Waals surface area contributed by atoms with Crippen LogP contribution in [0.4, 0.5) is 0 Å². The van der Waals surface area contributed by atoms with Crippen LogP contribution in [0.1, 0.15) is 25.3 Å². The number of carboxylic acid groups (broad SMARTS) is 1. The summed E-state index contributed by atoms with van der Waals surface area (Å²) in [4.78, 5) is 10.9. The van der Waals surface area contributed by atoms with Crippen molar-refractivity contribution in [2.24, 2.45) is 0 Å². The number of aliphatic carboxylic acids is 1. The third kappa shape index (κ3) is 4.05. The molecule has 6 nitrogen and oxygen atoms in total. The highest BCUT2D eigenvalue weighted by Gasteiger charge is 2.24. The highest BCUT2D eigenvalue weighted by atomic mass is 32.2. The van der Waals surface area contributed by atoms with Gasteiger partial charge in [0, 0.05) is 0 Å². The third-order valence-corrected chi connectivity index (χ3v) is 3.95. The summed E-state index contributed by atoms with van der Waals surface area (Å²) in [5.74, 6) is -1.21. The van der Waals surface area contributed by atoms with E-state index in [-0.39, 0.29) is 11.3 Å². The van der Waals surface area contributed by atoms with Crippen molar-refractivity contribution in [3.63, 3.8) is 0 Å². The van der Waals surface area contributed by atoms with Gasteiger partial charge in [-0.25, -0.2) is 8.42 Å². The van der Waals surface area contributed by atoms with Gasteiger partial charge >= 0.3 is 5.97 Å². The van der Waals surface area contributed by atoms with E-state index in [1.54, 1.807) is 6.92 Å². The average Bonchev–Trinajstić information content (AvgIpc) is 2.38. The lowest BCUT2D eigenvalue weighted by Gasteiger charge is -2.13. The van der Waals surface area contributed by atoms with Crippen molar-refractivity contribution in [2.45, 2.75) is 30.7 Å². The maximum absolute atomic E-state index is 12.0. The molecule has 0 saturated heterocycles. The van der Waals surface area contributed by atoms with Crippen molar-refractivity contribution in [2.75, 3.05) is 0 Å². The Labute approximate surface area is 111 Å². The first-order valence-corrected chi connectivity index (χ1v) is 7.14. The molecule has 0 fully saturated rings. The van der Waals surface area contributed by atoms with Gasteiger partial charge in [0.05, 0.1) is 16.5 Å². The van der Waals surface area contributed by atoms with E-state index >= 15 is 0 Å². The second kappa shape index (κ2) is 6.31. The van der Waals surface area contributed by atoms with E-state index in [9.17, 15) is 13.2 Å². The van der Waals surface area contributed by atoms with E-state index in [1.807, 2.05) is 6.07 Å². The lowest BCUT2D eigenvalue weighted by Crippen LogP contribution is -2.40. The number of hydrogen-bond acceptors (Lipinski definition) is 4. The van der Waals surface area contributed by atoms with Crippen molar-refractivity contribution in [1.29, 1.82) is 5.26 Å². The minimum Gasteiger partial charge on any atom is -0.480 e. The van der Waals surface area contributed by atoms with Crippen LogP contribution in [0, 0.1) is 11.3 Å². The first-order chi connectivity index (χ1) is 8.90. The van der Waals surface area contributed by atoms with Gasteiger partial charge in [0.15, 0.2) is 0 Å². The van der Waals surface area contributed by atoms with Crippen LogP contribution in [0.2, 0.25) is 0 Å². The van der Waals surface area contributed by atoms with E-state index < -0.39 is 22.0 Å². The number of carbonyl (C=O) groups is 1. The van der Waals surface area contributed by atoms with Crippen LogP contribution in [0.3, 0.4) is 0 Å².